The van der Waals surface area contributed by atoms with Crippen LogP contribution in [0.2, 0.25) is 5.02 Å². The lowest BCUT2D eigenvalue weighted by Crippen LogP contribution is -1.94. The van der Waals surface area contributed by atoms with Crippen LogP contribution in [-0.2, 0) is 0 Å². The minimum absolute atomic E-state index is 0.147. The molecule has 1 N–H and O–H groups in total. The molecule has 1 aromatic carbocycles. The van der Waals surface area contributed by atoms with Gasteiger partial charge in [0.05, 0.1) is 5.02 Å². The summed E-state index contributed by atoms with van der Waals surface area (Å²) in [6.45, 7) is 0. The standard InChI is InChI=1S/C10H5BrClNO3/c11-5-1-2-7(12)6(3-5)9-4-8(10(14)15)13-16-9/h1-4H,(H,14,15). The summed E-state index contributed by atoms with van der Waals surface area (Å²) in [7, 11) is 0. The molecule has 0 aliphatic heterocycles. The fraction of sp³-hybridized carbons (Fsp3) is 0. The molecule has 0 saturated carbocycles. The Hall–Kier alpha value is -1.33. The van der Waals surface area contributed by atoms with Crippen molar-refractivity contribution in [2.45, 2.75) is 0 Å². The van der Waals surface area contributed by atoms with E-state index in [1.807, 2.05) is 0 Å². The van der Waals surface area contributed by atoms with E-state index in [4.69, 9.17) is 21.2 Å². The van der Waals surface area contributed by atoms with E-state index in [2.05, 4.69) is 21.1 Å². The Balaban J connectivity index is 2.50. The second-order valence-corrected chi connectivity index (χ2v) is 4.33. The number of carboxylic acids is 1. The first-order chi connectivity index (χ1) is 7.58. The van der Waals surface area contributed by atoms with Crippen molar-refractivity contribution in [1.82, 2.24) is 5.16 Å². The quantitative estimate of drug-likeness (QED) is 0.923. The molecule has 0 atom stereocenters. The summed E-state index contributed by atoms with van der Waals surface area (Å²) in [6, 6.07) is 6.52. The van der Waals surface area contributed by atoms with Crippen LogP contribution in [0.4, 0.5) is 0 Å². The predicted octanol–water partition coefficient (Wildman–Crippen LogP) is 3.46. The van der Waals surface area contributed by atoms with Gasteiger partial charge >= 0.3 is 5.97 Å². The van der Waals surface area contributed by atoms with Gasteiger partial charge in [-0.2, -0.15) is 0 Å². The van der Waals surface area contributed by atoms with E-state index in [9.17, 15) is 4.79 Å². The Morgan fingerprint density at radius 3 is 2.81 bits per heavy atom. The normalized spacial score (nSPS) is 10.4. The van der Waals surface area contributed by atoms with Gasteiger partial charge < -0.3 is 9.63 Å². The number of nitrogens with zero attached hydrogens (tertiary/aromatic N) is 1. The van der Waals surface area contributed by atoms with Crippen LogP contribution in [0.3, 0.4) is 0 Å². The van der Waals surface area contributed by atoms with E-state index in [-0.39, 0.29) is 5.69 Å². The topological polar surface area (TPSA) is 63.3 Å². The molecule has 0 spiro atoms. The van der Waals surface area contributed by atoms with E-state index in [0.717, 1.165) is 4.47 Å². The summed E-state index contributed by atoms with van der Waals surface area (Å²) >= 11 is 9.26. The summed E-state index contributed by atoms with van der Waals surface area (Å²) in [5, 5.41) is 12.6. The third-order valence-electron chi connectivity index (χ3n) is 1.92. The molecule has 0 aliphatic carbocycles. The largest absolute Gasteiger partial charge is 0.476 e. The van der Waals surface area contributed by atoms with Gasteiger partial charge in [-0.1, -0.05) is 32.7 Å². The number of carbonyl (C=O) groups is 1. The summed E-state index contributed by atoms with van der Waals surface area (Å²) in [5.74, 6) is -0.815. The van der Waals surface area contributed by atoms with Crippen molar-refractivity contribution in [3.8, 4) is 11.3 Å². The van der Waals surface area contributed by atoms with Crippen molar-refractivity contribution < 1.29 is 14.4 Å². The molecule has 0 bridgehead atoms. The van der Waals surface area contributed by atoms with Crippen molar-refractivity contribution in [1.29, 1.82) is 0 Å². The van der Waals surface area contributed by atoms with E-state index >= 15 is 0 Å². The van der Waals surface area contributed by atoms with Gasteiger partial charge in [-0.05, 0) is 18.2 Å². The third kappa shape index (κ3) is 2.10. The van der Waals surface area contributed by atoms with Crippen LogP contribution in [0, 0.1) is 0 Å². The molecule has 0 unspecified atom stereocenters. The van der Waals surface area contributed by atoms with Crippen molar-refractivity contribution in [3.05, 3.63) is 39.5 Å². The Kier molecular flexibility index (Phi) is 2.98. The van der Waals surface area contributed by atoms with Crippen LogP contribution in [0.5, 0.6) is 0 Å². The molecule has 82 valence electrons. The molecule has 0 amide bonds. The summed E-state index contributed by atoms with van der Waals surface area (Å²) in [5.41, 5.74) is 0.446. The van der Waals surface area contributed by atoms with E-state index in [1.54, 1.807) is 18.2 Å². The molecule has 1 heterocycles. The Labute approximate surface area is 104 Å². The number of carboxylic acid groups (broad SMARTS) is 1. The summed E-state index contributed by atoms with van der Waals surface area (Å²) in [4.78, 5) is 10.6. The average molecular weight is 303 g/mol. The maximum Gasteiger partial charge on any atom is 0.358 e. The molecular weight excluding hydrogens is 297 g/mol. The number of hydrogen-bond acceptors (Lipinski definition) is 3. The van der Waals surface area contributed by atoms with E-state index < -0.39 is 5.97 Å². The van der Waals surface area contributed by atoms with Crippen molar-refractivity contribution in [2.75, 3.05) is 0 Å². The average Bonchev–Trinajstić information content (AvgIpc) is 2.70. The predicted molar refractivity (Wildman–Crippen MR) is 61.6 cm³/mol. The zero-order chi connectivity index (χ0) is 11.7. The zero-order valence-electron chi connectivity index (χ0n) is 7.78. The number of halogens is 2. The van der Waals surface area contributed by atoms with Gasteiger partial charge in [0.2, 0.25) is 0 Å². The van der Waals surface area contributed by atoms with Gasteiger partial charge in [0.1, 0.15) is 0 Å². The Morgan fingerprint density at radius 2 is 2.19 bits per heavy atom. The van der Waals surface area contributed by atoms with E-state index in [0.29, 0.717) is 16.3 Å². The lowest BCUT2D eigenvalue weighted by molar-refractivity contribution is 0.0686. The number of hydrogen-bond donors (Lipinski definition) is 1. The Bertz CT molecular complexity index is 553. The summed E-state index contributed by atoms with van der Waals surface area (Å²) in [6.07, 6.45) is 0. The number of aromatic carboxylic acids is 1. The first-order valence-corrected chi connectivity index (χ1v) is 5.40. The van der Waals surface area contributed by atoms with Gasteiger partial charge in [-0.25, -0.2) is 4.79 Å². The lowest BCUT2D eigenvalue weighted by Gasteiger charge is -1.99. The molecule has 0 saturated heterocycles. The maximum absolute atomic E-state index is 10.6. The maximum atomic E-state index is 10.6. The first-order valence-electron chi connectivity index (χ1n) is 4.23. The SMILES string of the molecule is O=C(O)c1cc(-c2cc(Br)ccc2Cl)on1. The molecule has 2 rings (SSSR count). The van der Waals surface area contributed by atoms with Gasteiger partial charge in [0.15, 0.2) is 11.5 Å². The second-order valence-electron chi connectivity index (χ2n) is 3.01. The van der Waals surface area contributed by atoms with Gasteiger partial charge in [-0.3, -0.25) is 0 Å². The number of rotatable bonds is 2. The van der Waals surface area contributed by atoms with Gasteiger partial charge in [-0.15, -0.1) is 0 Å². The van der Waals surface area contributed by atoms with Crippen LogP contribution < -0.4 is 0 Å². The fourth-order valence-electron chi connectivity index (χ4n) is 1.19. The highest BCUT2D eigenvalue weighted by Crippen LogP contribution is 2.30. The van der Waals surface area contributed by atoms with Gasteiger partial charge in [0.25, 0.3) is 0 Å². The third-order valence-corrected chi connectivity index (χ3v) is 2.75. The molecule has 0 fully saturated rings. The molecule has 4 nitrogen and oxygen atoms in total. The molecule has 0 radical (unpaired) electrons. The highest BCUT2D eigenvalue weighted by molar-refractivity contribution is 9.10. The second kappa shape index (κ2) is 4.27. The highest BCUT2D eigenvalue weighted by Gasteiger charge is 2.14. The molecule has 16 heavy (non-hydrogen) atoms. The minimum atomic E-state index is -1.14. The zero-order valence-corrected chi connectivity index (χ0v) is 10.1. The van der Waals surface area contributed by atoms with Crippen molar-refractivity contribution in [3.63, 3.8) is 0 Å². The van der Waals surface area contributed by atoms with Crippen LogP contribution >= 0.6 is 27.5 Å². The highest BCUT2D eigenvalue weighted by atomic mass is 79.9. The molecule has 0 aliphatic rings. The van der Waals surface area contributed by atoms with Crippen LogP contribution in [0.25, 0.3) is 11.3 Å². The minimum Gasteiger partial charge on any atom is -0.476 e. The summed E-state index contributed by atoms with van der Waals surface area (Å²) < 4.78 is 5.73. The van der Waals surface area contributed by atoms with Gasteiger partial charge in [0, 0.05) is 16.1 Å². The first kappa shape index (κ1) is 11.2. The van der Waals surface area contributed by atoms with Crippen molar-refractivity contribution in [2.24, 2.45) is 0 Å². The smallest absolute Gasteiger partial charge is 0.358 e. The lowest BCUT2D eigenvalue weighted by atomic mass is 10.1. The van der Waals surface area contributed by atoms with Crippen LogP contribution in [0.1, 0.15) is 10.5 Å². The molecular formula is C10H5BrClNO3. The number of benzene rings is 1. The van der Waals surface area contributed by atoms with Crippen molar-refractivity contribution >= 4 is 33.5 Å². The monoisotopic (exact) mass is 301 g/mol. The fourth-order valence-corrected chi connectivity index (χ4v) is 1.76. The molecule has 2 aromatic rings. The molecule has 1 aromatic heterocycles. The van der Waals surface area contributed by atoms with E-state index in [1.165, 1.54) is 6.07 Å². The molecule has 6 heteroatoms. The van der Waals surface area contributed by atoms with Crippen LogP contribution in [-0.4, -0.2) is 16.2 Å². The van der Waals surface area contributed by atoms with Crippen LogP contribution in [0.15, 0.2) is 33.3 Å². The number of aromatic nitrogens is 1. The Morgan fingerprint density at radius 1 is 1.44 bits per heavy atom.